The molecule has 0 spiro atoms. The maximum atomic E-state index is 13.4. The Morgan fingerprint density at radius 3 is 2.26 bits per heavy atom. The SMILES string of the molecule is CCCCCCNC(=O)CCCCCCCCCCC(=O)N(CC(=O)O)c1cccc2c1CC[C@H](N(CCC)CCc1cccs1)C2. The van der Waals surface area contributed by atoms with Crippen LogP contribution in [0.4, 0.5) is 5.69 Å². The monoisotopic (exact) mass is 667 g/mol. The molecule has 3 rings (SSSR count). The van der Waals surface area contributed by atoms with E-state index in [-0.39, 0.29) is 18.4 Å². The summed E-state index contributed by atoms with van der Waals surface area (Å²) in [6.07, 6.45) is 19.0. The highest BCUT2D eigenvalue weighted by Gasteiger charge is 2.28. The standard InChI is InChI=1S/C39H61N3O4S/c1-3-5-6-15-26-40-37(43)21-13-11-9-7-8-10-12-14-22-38(44)42(31-39(45)46)36-20-16-18-32-30-33(23-24-35(32)36)41(27-4-2)28-25-34-19-17-29-47-34/h16-20,29,33H,3-15,21-28,30-31H2,1-2H3,(H,40,43)(H,45,46)/t33-/m0/s1. The molecule has 7 nitrogen and oxygen atoms in total. The predicted molar refractivity (Wildman–Crippen MR) is 195 cm³/mol. The Hall–Kier alpha value is -2.71. The number of rotatable bonds is 25. The van der Waals surface area contributed by atoms with Gasteiger partial charge in [-0.15, -0.1) is 11.3 Å². The molecule has 1 aliphatic carbocycles. The van der Waals surface area contributed by atoms with Gasteiger partial charge in [0.1, 0.15) is 6.54 Å². The van der Waals surface area contributed by atoms with E-state index in [9.17, 15) is 19.5 Å². The van der Waals surface area contributed by atoms with Gasteiger partial charge in [0.15, 0.2) is 0 Å². The number of carboxylic acids is 1. The largest absolute Gasteiger partial charge is 0.480 e. The minimum Gasteiger partial charge on any atom is -0.480 e. The Labute approximate surface area is 288 Å². The van der Waals surface area contributed by atoms with Crippen molar-refractivity contribution in [1.82, 2.24) is 10.2 Å². The van der Waals surface area contributed by atoms with Crippen molar-refractivity contribution in [3.05, 3.63) is 51.7 Å². The minimum absolute atomic E-state index is 0.0879. The van der Waals surface area contributed by atoms with E-state index in [1.165, 1.54) is 34.6 Å². The predicted octanol–water partition coefficient (Wildman–Crippen LogP) is 8.58. The number of thiophene rings is 1. The summed E-state index contributed by atoms with van der Waals surface area (Å²) in [5.74, 6) is -0.880. The lowest BCUT2D eigenvalue weighted by Gasteiger charge is -2.36. The van der Waals surface area contributed by atoms with Gasteiger partial charge in [0.05, 0.1) is 0 Å². The quantitative estimate of drug-likeness (QED) is 0.104. The molecule has 2 amide bonds. The average Bonchev–Trinajstić information content (AvgIpc) is 3.59. The summed E-state index contributed by atoms with van der Waals surface area (Å²) in [6, 6.07) is 10.9. The molecule has 2 aromatic rings. The number of carbonyl (C=O) groups is 3. The summed E-state index contributed by atoms with van der Waals surface area (Å²) in [4.78, 5) is 42.8. The number of carbonyl (C=O) groups excluding carboxylic acids is 2. The smallest absolute Gasteiger partial charge is 0.323 e. The number of benzene rings is 1. The zero-order valence-electron chi connectivity index (χ0n) is 29.3. The number of carboxylic acid groups (broad SMARTS) is 1. The van der Waals surface area contributed by atoms with Crippen molar-refractivity contribution in [2.75, 3.05) is 31.1 Å². The van der Waals surface area contributed by atoms with Crippen LogP contribution in [0.25, 0.3) is 0 Å². The van der Waals surface area contributed by atoms with Gasteiger partial charge < -0.3 is 15.3 Å². The van der Waals surface area contributed by atoms with Crippen LogP contribution in [0, 0.1) is 0 Å². The molecule has 0 saturated heterocycles. The van der Waals surface area contributed by atoms with Crippen LogP contribution in [0.15, 0.2) is 35.7 Å². The first-order valence-corrected chi connectivity index (χ1v) is 19.5. The zero-order valence-corrected chi connectivity index (χ0v) is 30.1. The molecule has 1 heterocycles. The number of amides is 2. The maximum absolute atomic E-state index is 13.4. The Balaban J connectivity index is 1.40. The molecule has 1 aromatic carbocycles. The van der Waals surface area contributed by atoms with Crippen molar-refractivity contribution in [1.29, 1.82) is 0 Å². The summed E-state index contributed by atoms with van der Waals surface area (Å²) in [5.41, 5.74) is 3.19. The van der Waals surface area contributed by atoms with Crippen LogP contribution in [0.1, 0.15) is 133 Å². The van der Waals surface area contributed by atoms with Gasteiger partial charge in [0.25, 0.3) is 0 Å². The van der Waals surface area contributed by atoms with Crippen LogP contribution >= 0.6 is 11.3 Å². The third kappa shape index (κ3) is 14.5. The normalized spacial score (nSPS) is 14.2. The van der Waals surface area contributed by atoms with E-state index in [4.69, 9.17) is 0 Å². The molecule has 0 saturated carbocycles. The van der Waals surface area contributed by atoms with Gasteiger partial charge in [0.2, 0.25) is 11.8 Å². The third-order valence-electron chi connectivity index (χ3n) is 9.47. The van der Waals surface area contributed by atoms with Gasteiger partial charge in [-0.25, -0.2) is 0 Å². The van der Waals surface area contributed by atoms with Gasteiger partial charge in [-0.05, 0) is 86.6 Å². The maximum Gasteiger partial charge on any atom is 0.323 e. The second-order valence-electron chi connectivity index (χ2n) is 13.3. The van der Waals surface area contributed by atoms with Crippen molar-refractivity contribution >= 4 is 34.8 Å². The highest BCUT2D eigenvalue weighted by molar-refractivity contribution is 7.09. The lowest BCUT2D eigenvalue weighted by atomic mass is 9.85. The number of nitrogens with zero attached hydrogens (tertiary/aromatic N) is 2. The second kappa shape index (κ2) is 22.8. The number of hydrogen-bond acceptors (Lipinski definition) is 5. The van der Waals surface area contributed by atoms with Gasteiger partial charge >= 0.3 is 5.97 Å². The molecular weight excluding hydrogens is 607 g/mol. The number of unbranched alkanes of at least 4 members (excludes halogenated alkanes) is 10. The number of hydrogen-bond donors (Lipinski definition) is 2. The summed E-state index contributed by atoms with van der Waals surface area (Å²) < 4.78 is 0. The topological polar surface area (TPSA) is 90.0 Å². The lowest BCUT2D eigenvalue weighted by molar-refractivity contribution is -0.136. The van der Waals surface area contributed by atoms with E-state index in [0.717, 1.165) is 121 Å². The van der Waals surface area contributed by atoms with E-state index in [2.05, 4.69) is 47.6 Å². The zero-order chi connectivity index (χ0) is 33.7. The van der Waals surface area contributed by atoms with E-state index < -0.39 is 5.97 Å². The molecule has 0 bridgehead atoms. The number of aliphatic carboxylic acids is 1. The Kier molecular flexibility index (Phi) is 18.8. The molecule has 262 valence electrons. The van der Waals surface area contributed by atoms with Crippen LogP contribution in [0.5, 0.6) is 0 Å². The van der Waals surface area contributed by atoms with E-state index in [1.807, 2.05) is 23.5 Å². The van der Waals surface area contributed by atoms with Crippen molar-refractivity contribution in [2.24, 2.45) is 0 Å². The van der Waals surface area contributed by atoms with Crippen molar-refractivity contribution in [3.63, 3.8) is 0 Å². The van der Waals surface area contributed by atoms with Gasteiger partial charge in [-0.3, -0.25) is 19.3 Å². The molecule has 1 aliphatic rings. The molecule has 47 heavy (non-hydrogen) atoms. The highest BCUT2D eigenvalue weighted by Crippen LogP contribution is 2.33. The van der Waals surface area contributed by atoms with E-state index in [0.29, 0.717) is 18.9 Å². The first-order chi connectivity index (χ1) is 22.9. The summed E-state index contributed by atoms with van der Waals surface area (Å²) in [7, 11) is 0. The van der Waals surface area contributed by atoms with E-state index in [1.54, 1.807) is 0 Å². The molecule has 2 N–H and O–H groups in total. The molecule has 1 aromatic heterocycles. The molecule has 0 aliphatic heterocycles. The van der Waals surface area contributed by atoms with Crippen molar-refractivity contribution in [3.8, 4) is 0 Å². The third-order valence-corrected chi connectivity index (χ3v) is 10.4. The number of anilines is 1. The number of fused-ring (bicyclic) bond motifs is 1. The minimum atomic E-state index is -0.975. The molecule has 0 fully saturated rings. The van der Waals surface area contributed by atoms with Crippen LogP contribution < -0.4 is 10.2 Å². The summed E-state index contributed by atoms with van der Waals surface area (Å²) in [6.45, 7) is 7.07. The lowest BCUT2D eigenvalue weighted by Crippen LogP contribution is -2.42. The summed E-state index contributed by atoms with van der Waals surface area (Å²) in [5, 5.41) is 14.9. The summed E-state index contributed by atoms with van der Waals surface area (Å²) >= 11 is 1.82. The van der Waals surface area contributed by atoms with Crippen LogP contribution in [-0.2, 0) is 33.6 Å². The van der Waals surface area contributed by atoms with Gasteiger partial charge in [-0.2, -0.15) is 0 Å². The fourth-order valence-corrected chi connectivity index (χ4v) is 7.57. The van der Waals surface area contributed by atoms with Gasteiger partial charge in [0, 0.05) is 42.5 Å². The second-order valence-corrected chi connectivity index (χ2v) is 14.3. The number of nitrogens with one attached hydrogen (secondary N) is 1. The van der Waals surface area contributed by atoms with Crippen molar-refractivity contribution in [2.45, 2.75) is 142 Å². The van der Waals surface area contributed by atoms with Gasteiger partial charge in [-0.1, -0.05) is 89.8 Å². The first kappa shape index (κ1) is 38.7. The molecule has 0 unspecified atom stereocenters. The van der Waals surface area contributed by atoms with Crippen LogP contribution in [-0.4, -0.2) is 60.0 Å². The van der Waals surface area contributed by atoms with E-state index >= 15 is 0 Å². The fraction of sp³-hybridized carbons (Fsp3) is 0.667. The molecule has 0 radical (unpaired) electrons. The molecule has 1 atom stereocenters. The Morgan fingerprint density at radius 1 is 0.851 bits per heavy atom. The first-order valence-electron chi connectivity index (χ1n) is 18.6. The Bertz CT molecular complexity index is 1180. The van der Waals surface area contributed by atoms with Crippen molar-refractivity contribution < 1.29 is 19.5 Å². The highest BCUT2D eigenvalue weighted by atomic mass is 32.1. The van der Waals surface area contributed by atoms with Crippen LogP contribution in [0.3, 0.4) is 0 Å². The molecular formula is C39H61N3O4S. The fourth-order valence-electron chi connectivity index (χ4n) is 6.87. The average molecular weight is 668 g/mol. The molecule has 8 heteroatoms. The Morgan fingerprint density at radius 2 is 1.57 bits per heavy atom. The van der Waals surface area contributed by atoms with Crippen LogP contribution in [0.2, 0.25) is 0 Å².